The molecule has 0 saturated carbocycles. The highest BCUT2D eigenvalue weighted by Gasteiger charge is 2.44. The van der Waals surface area contributed by atoms with Crippen LogP contribution in [0.15, 0.2) is 18.2 Å². The molecule has 2 rings (SSSR count). The van der Waals surface area contributed by atoms with Crippen molar-refractivity contribution in [3.05, 3.63) is 29.3 Å². The molecule has 1 saturated heterocycles. The van der Waals surface area contributed by atoms with Gasteiger partial charge in [-0.3, -0.25) is 4.79 Å². The molecule has 1 aromatic rings. The predicted molar refractivity (Wildman–Crippen MR) is 73.5 cm³/mol. The van der Waals surface area contributed by atoms with Gasteiger partial charge in [0, 0.05) is 13.1 Å². The van der Waals surface area contributed by atoms with Gasteiger partial charge in [0.25, 0.3) is 5.91 Å². The van der Waals surface area contributed by atoms with Crippen LogP contribution in [0.5, 0.6) is 5.75 Å². The number of likely N-dealkylation sites (tertiary alicyclic amines) is 1. The molecule has 1 aromatic carbocycles. The summed E-state index contributed by atoms with van der Waals surface area (Å²) >= 11 is 0. The van der Waals surface area contributed by atoms with Crippen LogP contribution >= 0.6 is 0 Å². The number of hydrogen-bond acceptors (Lipinski definition) is 3. The van der Waals surface area contributed by atoms with Crippen LogP contribution in [0.2, 0.25) is 0 Å². The van der Waals surface area contributed by atoms with Gasteiger partial charge in [0.05, 0.1) is 5.56 Å². The van der Waals surface area contributed by atoms with Crippen LogP contribution in [0.25, 0.3) is 0 Å². The molecule has 22 heavy (non-hydrogen) atoms. The van der Waals surface area contributed by atoms with Gasteiger partial charge in [-0.05, 0) is 37.3 Å². The maximum Gasteiger partial charge on any atom is 0.414 e. The zero-order valence-corrected chi connectivity index (χ0v) is 12.1. The number of carbonyl (C=O) groups is 1. The van der Waals surface area contributed by atoms with Crippen molar-refractivity contribution in [3.8, 4) is 5.75 Å². The lowest BCUT2D eigenvalue weighted by atomic mass is 9.90. The number of rotatable bonds is 2. The van der Waals surface area contributed by atoms with Gasteiger partial charge in [0.15, 0.2) is 6.10 Å². The van der Waals surface area contributed by atoms with E-state index in [1.54, 1.807) is 19.1 Å². The minimum atomic E-state index is -4.63. The number of phenolic OH excluding ortho intramolecular Hbond substituents is 1. The van der Waals surface area contributed by atoms with E-state index in [9.17, 15) is 28.2 Å². The monoisotopic (exact) mass is 317 g/mol. The molecule has 122 valence electrons. The van der Waals surface area contributed by atoms with E-state index in [1.807, 2.05) is 0 Å². The Balaban J connectivity index is 2.03. The fourth-order valence-electron chi connectivity index (χ4n) is 2.69. The molecule has 0 spiro atoms. The Kier molecular flexibility index (Phi) is 4.65. The molecule has 2 N–H and O–H groups in total. The van der Waals surface area contributed by atoms with Crippen molar-refractivity contribution in [1.82, 2.24) is 4.90 Å². The number of hydrogen-bond donors (Lipinski definition) is 2. The molecular weight excluding hydrogens is 299 g/mol. The summed E-state index contributed by atoms with van der Waals surface area (Å²) in [5, 5.41) is 19.2. The Morgan fingerprint density at radius 3 is 2.45 bits per heavy atom. The van der Waals surface area contributed by atoms with Crippen LogP contribution in [0.4, 0.5) is 13.2 Å². The number of phenols is 1. The molecule has 0 aliphatic carbocycles. The van der Waals surface area contributed by atoms with Gasteiger partial charge in [-0.2, -0.15) is 13.2 Å². The van der Waals surface area contributed by atoms with Crippen molar-refractivity contribution in [2.75, 3.05) is 13.1 Å². The van der Waals surface area contributed by atoms with E-state index in [-0.39, 0.29) is 37.2 Å². The topological polar surface area (TPSA) is 60.8 Å². The number of benzene rings is 1. The van der Waals surface area contributed by atoms with Crippen LogP contribution in [-0.2, 0) is 0 Å². The number of piperidine rings is 1. The molecule has 1 fully saturated rings. The van der Waals surface area contributed by atoms with Gasteiger partial charge in [-0.15, -0.1) is 0 Å². The summed E-state index contributed by atoms with van der Waals surface area (Å²) in [7, 11) is 0. The van der Waals surface area contributed by atoms with E-state index in [1.165, 1.54) is 11.0 Å². The summed E-state index contributed by atoms with van der Waals surface area (Å²) in [6, 6.07) is 4.79. The Labute approximate surface area is 126 Å². The lowest BCUT2D eigenvalue weighted by Crippen LogP contribution is -2.45. The first kappa shape index (κ1) is 16.6. The summed E-state index contributed by atoms with van der Waals surface area (Å²) in [5.41, 5.74) is 0.711. The van der Waals surface area contributed by atoms with Crippen LogP contribution in [0.3, 0.4) is 0 Å². The molecule has 7 heteroatoms. The van der Waals surface area contributed by atoms with Crippen LogP contribution in [0.1, 0.15) is 28.8 Å². The number of halogens is 3. The van der Waals surface area contributed by atoms with Gasteiger partial charge in [0.2, 0.25) is 0 Å². The van der Waals surface area contributed by atoms with Gasteiger partial charge < -0.3 is 15.1 Å². The zero-order chi connectivity index (χ0) is 16.5. The molecule has 1 unspecified atom stereocenters. The second-order valence-corrected chi connectivity index (χ2v) is 5.59. The summed E-state index contributed by atoms with van der Waals surface area (Å²) in [6.07, 6.45) is -6.82. The highest BCUT2D eigenvalue weighted by atomic mass is 19.4. The van der Waals surface area contributed by atoms with E-state index in [4.69, 9.17) is 0 Å². The summed E-state index contributed by atoms with van der Waals surface area (Å²) < 4.78 is 37.5. The Hall–Kier alpha value is -1.76. The van der Waals surface area contributed by atoms with Crippen molar-refractivity contribution in [2.24, 2.45) is 5.92 Å². The first-order valence-electron chi connectivity index (χ1n) is 7.04. The molecule has 4 nitrogen and oxygen atoms in total. The third-order valence-electron chi connectivity index (χ3n) is 4.08. The number of para-hydroxylation sites is 1. The number of aryl methyl sites for hydroxylation is 1. The molecular formula is C15H18F3NO3. The first-order chi connectivity index (χ1) is 10.2. The van der Waals surface area contributed by atoms with Gasteiger partial charge in [0.1, 0.15) is 5.75 Å². The smallest absolute Gasteiger partial charge is 0.414 e. The van der Waals surface area contributed by atoms with Crippen molar-refractivity contribution in [3.63, 3.8) is 0 Å². The minimum absolute atomic E-state index is 0.0823. The summed E-state index contributed by atoms with van der Waals surface area (Å²) in [5.74, 6) is -1.40. The predicted octanol–water partition coefficient (Wildman–Crippen LogP) is 2.48. The lowest BCUT2D eigenvalue weighted by molar-refractivity contribution is -0.222. The highest BCUT2D eigenvalue weighted by molar-refractivity contribution is 5.97. The van der Waals surface area contributed by atoms with Gasteiger partial charge in [-0.1, -0.05) is 12.1 Å². The second kappa shape index (κ2) is 6.16. The van der Waals surface area contributed by atoms with Crippen LogP contribution in [0, 0.1) is 12.8 Å². The standard InChI is InChI=1S/C15H18F3NO3/c1-9-3-2-4-11(12(9)20)14(22)19-7-5-10(6-8-19)13(21)15(16,17)18/h2-4,10,13,20-21H,5-8H2,1H3. The molecule has 1 amide bonds. The molecule has 1 aliphatic rings. The second-order valence-electron chi connectivity index (χ2n) is 5.59. The van der Waals surface area contributed by atoms with E-state index in [0.717, 1.165) is 0 Å². The fraction of sp³-hybridized carbons (Fsp3) is 0.533. The number of nitrogens with zero attached hydrogens (tertiary/aromatic N) is 1. The Morgan fingerprint density at radius 1 is 1.32 bits per heavy atom. The van der Waals surface area contributed by atoms with Crippen LogP contribution in [-0.4, -0.2) is 46.4 Å². The maximum absolute atomic E-state index is 12.5. The number of aliphatic hydroxyl groups excluding tert-OH is 1. The van der Waals surface area contributed by atoms with Crippen molar-refractivity contribution in [1.29, 1.82) is 0 Å². The van der Waals surface area contributed by atoms with Crippen molar-refractivity contribution >= 4 is 5.91 Å². The van der Waals surface area contributed by atoms with Crippen molar-refractivity contribution in [2.45, 2.75) is 32.0 Å². The quantitative estimate of drug-likeness (QED) is 0.881. The third kappa shape index (κ3) is 3.35. The van der Waals surface area contributed by atoms with E-state index < -0.39 is 24.1 Å². The van der Waals surface area contributed by atoms with E-state index in [2.05, 4.69) is 0 Å². The Bertz CT molecular complexity index is 551. The highest BCUT2D eigenvalue weighted by Crippen LogP contribution is 2.32. The molecule has 1 atom stereocenters. The fourth-order valence-corrected chi connectivity index (χ4v) is 2.69. The zero-order valence-electron chi connectivity index (χ0n) is 12.1. The van der Waals surface area contributed by atoms with Crippen molar-refractivity contribution < 1.29 is 28.2 Å². The summed E-state index contributed by atoms with van der Waals surface area (Å²) in [4.78, 5) is 13.7. The molecule has 0 bridgehead atoms. The number of aromatic hydroxyl groups is 1. The molecule has 0 aromatic heterocycles. The first-order valence-corrected chi connectivity index (χ1v) is 7.04. The largest absolute Gasteiger partial charge is 0.507 e. The summed E-state index contributed by atoms with van der Waals surface area (Å²) in [6.45, 7) is 1.92. The number of alkyl halides is 3. The normalized spacial score (nSPS) is 18.3. The average Bonchev–Trinajstić information content (AvgIpc) is 2.48. The van der Waals surface area contributed by atoms with E-state index in [0.29, 0.717) is 5.56 Å². The number of amides is 1. The number of carbonyl (C=O) groups excluding carboxylic acids is 1. The van der Waals surface area contributed by atoms with Crippen LogP contribution < -0.4 is 0 Å². The number of aliphatic hydroxyl groups is 1. The van der Waals surface area contributed by atoms with Gasteiger partial charge in [-0.25, -0.2) is 0 Å². The maximum atomic E-state index is 12.5. The SMILES string of the molecule is Cc1cccc(C(=O)N2CCC(C(O)C(F)(F)F)CC2)c1O. The third-order valence-corrected chi connectivity index (χ3v) is 4.08. The molecule has 1 aliphatic heterocycles. The lowest BCUT2D eigenvalue weighted by Gasteiger charge is -2.34. The minimum Gasteiger partial charge on any atom is -0.507 e. The average molecular weight is 317 g/mol. The Morgan fingerprint density at radius 2 is 1.91 bits per heavy atom. The molecule has 0 radical (unpaired) electrons. The van der Waals surface area contributed by atoms with E-state index >= 15 is 0 Å². The molecule has 1 heterocycles. The van der Waals surface area contributed by atoms with Gasteiger partial charge >= 0.3 is 6.18 Å².